The molecule has 340 valence electrons. The van der Waals surface area contributed by atoms with Gasteiger partial charge in [-0.05, 0) is 44.4 Å². The van der Waals surface area contributed by atoms with Gasteiger partial charge in [0.05, 0.1) is 32.2 Å². The van der Waals surface area contributed by atoms with Crippen LogP contribution in [0.3, 0.4) is 0 Å². The molecular weight excluding hydrogens is 796 g/mol. The van der Waals surface area contributed by atoms with Gasteiger partial charge in [0.15, 0.2) is 5.96 Å². The molecule has 0 aliphatic carbocycles. The normalized spacial score (nSPS) is 14.4. The number of aliphatic hydroxyl groups is 2. The lowest BCUT2D eigenvalue weighted by molar-refractivity contribution is -0.142. The maximum Gasteiger partial charge on any atom is 0.305 e. The number of hydrogen-bond donors (Lipinski definition) is 14. The monoisotopic (exact) mass is 858 g/mol. The molecule has 0 radical (unpaired) electrons. The lowest BCUT2D eigenvalue weighted by Gasteiger charge is -2.28. The van der Waals surface area contributed by atoms with Crippen molar-refractivity contribution in [1.82, 2.24) is 42.5 Å². The second-order valence-corrected chi connectivity index (χ2v) is 14.7. The van der Waals surface area contributed by atoms with Crippen molar-refractivity contribution in [3.05, 3.63) is 0 Å². The maximum absolute atomic E-state index is 13.4. The van der Waals surface area contributed by atoms with E-state index >= 15 is 0 Å². The first-order valence-corrected chi connectivity index (χ1v) is 19.1. The summed E-state index contributed by atoms with van der Waals surface area (Å²) in [6.07, 6.45) is -2.26. The van der Waals surface area contributed by atoms with Gasteiger partial charge in [0, 0.05) is 13.5 Å². The number of nitrogens with zero attached hydrogens (tertiary/aromatic N) is 1. The molecule has 0 saturated heterocycles. The number of aliphatic hydroxyl groups excluding tert-OH is 2. The van der Waals surface area contributed by atoms with Gasteiger partial charge >= 0.3 is 5.97 Å². The first-order valence-electron chi connectivity index (χ1n) is 19.1. The number of rotatable bonds is 28. The van der Waals surface area contributed by atoms with Gasteiger partial charge in [0.25, 0.3) is 0 Å². The van der Waals surface area contributed by atoms with Crippen LogP contribution >= 0.6 is 0 Å². The van der Waals surface area contributed by atoms with Crippen molar-refractivity contribution in [3.8, 4) is 0 Å². The van der Waals surface area contributed by atoms with Crippen LogP contribution in [0, 0.1) is 11.8 Å². The van der Waals surface area contributed by atoms with Crippen LogP contribution in [0.5, 0.6) is 0 Å². The molecule has 60 heavy (non-hydrogen) atoms. The lowest BCUT2D eigenvalue weighted by Crippen LogP contribution is -2.62. The fraction of sp³-hybridized carbons (Fsp3) is 0.686. The molecule has 0 bridgehead atoms. The Labute approximate surface area is 346 Å². The summed E-state index contributed by atoms with van der Waals surface area (Å²) in [6, 6.07) is -9.16. The van der Waals surface area contributed by atoms with Crippen molar-refractivity contribution < 1.29 is 63.3 Å². The van der Waals surface area contributed by atoms with E-state index in [9.17, 15) is 63.3 Å². The van der Waals surface area contributed by atoms with E-state index in [1.54, 1.807) is 27.7 Å². The fourth-order valence-corrected chi connectivity index (χ4v) is 5.30. The minimum atomic E-state index is -1.89. The molecule has 25 heteroatoms. The SMILES string of the molecule is CC(=O)N[C@@H](CCCN=C(N)N)C(=O)NCC(=O)N[C@@H](CC(C)C)C(=O)N[C@@H](CC(=O)O)C(=O)N[C@H](C(=O)N[C@@H](CO)C(=O)N[C@@H](CC(C)C)C(=O)NCC(N)=O)[C@@H](C)O. The predicted octanol–water partition coefficient (Wildman–Crippen LogP) is -6.37. The number of primary amides is 1. The Bertz CT molecular complexity index is 1550. The molecule has 0 aromatic carbocycles. The molecule has 7 atom stereocenters. The quantitative estimate of drug-likeness (QED) is 0.0198. The Morgan fingerprint density at radius 2 is 1.08 bits per heavy atom. The highest BCUT2D eigenvalue weighted by Crippen LogP contribution is 2.08. The summed E-state index contributed by atoms with van der Waals surface area (Å²) in [5.41, 5.74) is 15.6. The average Bonchev–Trinajstić information content (AvgIpc) is 3.12. The summed E-state index contributed by atoms with van der Waals surface area (Å²) in [5, 5.41) is 48.2. The zero-order valence-corrected chi connectivity index (χ0v) is 34.7. The second-order valence-electron chi connectivity index (χ2n) is 14.7. The number of carboxylic acid groups (broad SMARTS) is 1. The highest BCUT2D eigenvalue weighted by Gasteiger charge is 2.35. The summed E-state index contributed by atoms with van der Waals surface area (Å²) in [7, 11) is 0. The third kappa shape index (κ3) is 22.7. The molecule has 0 saturated carbocycles. The Morgan fingerprint density at radius 1 is 0.600 bits per heavy atom. The number of nitrogens with two attached hydrogens (primary N) is 3. The first kappa shape index (κ1) is 53.9. The van der Waals surface area contributed by atoms with E-state index in [1.807, 2.05) is 0 Å². The van der Waals surface area contributed by atoms with Crippen LogP contribution in [0.15, 0.2) is 4.99 Å². The summed E-state index contributed by atoms with van der Waals surface area (Å²) in [6.45, 7) is 7.11. The third-order valence-corrected chi connectivity index (χ3v) is 8.09. The minimum Gasteiger partial charge on any atom is -0.481 e. The molecule has 17 N–H and O–H groups in total. The highest BCUT2D eigenvalue weighted by atomic mass is 16.4. The largest absolute Gasteiger partial charge is 0.481 e. The van der Waals surface area contributed by atoms with Crippen LogP contribution in [0.4, 0.5) is 0 Å². The van der Waals surface area contributed by atoms with Crippen LogP contribution in [-0.4, -0.2) is 149 Å². The van der Waals surface area contributed by atoms with E-state index in [4.69, 9.17) is 17.2 Å². The highest BCUT2D eigenvalue weighted by molar-refractivity contribution is 5.98. The van der Waals surface area contributed by atoms with Gasteiger partial charge in [0.1, 0.15) is 36.3 Å². The Morgan fingerprint density at radius 3 is 1.57 bits per heavy atom. The van der Waals surface area contributed by atoms with E-state index < -0.39 is 128 Å². The van der Waals surface area contributed by atoms with Gasteiger partial charge in [-0.3, -0.25) is 52.9 Å². The van der Waals surface area contributed by atoms with Gasteiger partial charge in [-0.1, -0.05) is 27.7 Å². The average molecular weight is 859 g/mol. The maximum atomic E-state index is 13.4. The van der Waals surface area contributed by atoms with Crippen molar-refractivity contribution in [3.63, 3.8) is 0 Å². The van der Waals surface area contributed by atoms with Gasteiger partial charge in [-0.25, -0.2) is 0 Å². The van der Waals surface area contributed by atoms with Crippen molar-refractivity contribution in [2.75, 3.05) is 26.2 Å². The zero-order valence-electron chi connectivity index (χ0n) is 34.7. The molecule has 0 aliphatic heterocycles. The molecule has 0 rings (SSSR count). The first-order chi connectivity index (χ1) is 27.9. The lowest BCUT2D eigenvalue weighted by atomic mass is 10.0. The smallest absolute Gasteiger partial charge is 0.305 e. The topological polar surface area (TPSA) is 418 Å². The van der Waals surface area contributed by atoms with Gasteiger partial charge < -0.3 is 75.1 Å². The van der Waals surface area contributed by atoms with Gasteiger partial charge in [-0.2, -0.15) is 0 Å². The van der Waals surface area contributed by atoms with Crippen molar-refractivity contribution in [1.29, 1.82) is 0 Å². The molecular formula is C35H62N12O13. The fourth-order valence-electron chi connectivity index (χ4n) is 5.30. The number of carbonyl (C=O) groups excluding carboxylic acids is 9. The molecule has 0 aliphatic rings. The number of hydrogen-bond acceptors (Lipinski definition) is 13. The number of aliphatic carboxylic acids is 1. The van der Waals surface area contributed by atoms with E-state index in [0.29, 0.717) is 6.42 Å². The molecule has 0 heterocycles. The summed E-state index contributed by atoms with van der Waals surface area (Å²) in [5.74, 6) is -10.4. The zero-order chi connectivity index (χ0) is 46.3. The van der Waals surface area contributed by atoms with Crippen molar-refractivity contribution >= 4 is 65.1 Å². The number of nitrogens with one attached hydrogen (secondary N) is 8. The predicted molar refractivity (Wildman–Crippen MR) is 212 cm³/mol. The van der Waals surface area contributed by atoms with Crippen molar-refractivity contribution in [2.24, 2.45) is 34.0 Å². The molecule has 0 fully saturated rings. The second kappa shape index (κ2) is 27.6. The van der Waals surface area contributed by atoms with Crippen LogP contribution in [0.1, 0.15) is 73.6 Å². The number of aliphatic imine (C=N–C) groups is 1. The van der Waals surface area contributed by atoms with Crippen LogP contribution in [0.2, 0.25) is 0 Å². The van der Waals surface area contributed by atoms with Crippen molar-refractivity contribution in [2.45, 2.75) is 116 Å². The van der Waals surface area contributed by atoms with E-state index in [0.717, 1.165) is 6.92 Å². The molecule has 9 amide bonds. The summed E-state index contributed by atoms with van der Waals surface area (Å²) >= 11 is 0. The van der Waals surface area contributed by atoms with Gasteiger partial charge in [-0.15, -0.1) is 0 Å². The third-order valence-electron chi connectivity index (χ3n) is 8.09. The van der Waals surface area contributed by atoms with Crippen LogP contribution in [0.25, 0.3) is 0 Å². The standard InChI is InChI=1S/C35H62N12O13/c1-16(2)10-21(30(56)40-13-25(36)51)44-33(59)24(15-48)46-34(60)28(18(5)49)47-32(58)23(12-27(53)54)45-31(57)22(11-17(3)4)43-26(52)14-41-29(55)20(42-19(6)50)8-7-9-39-35(37)38/h16-18,20-24,28,48-49H,7-15H2,1-6H3,(H2,36,51)(H,40,56)(H,41,55)(H,42,50)(H,43,52)(H,44,59)(H,45,57)(H,46,60)(H,47,58)(H,53,54)(H4,37,38,39)/t18-,20+,21+,22+,23+,24+,28+/m1/s1. The number of carbonyl (C=O) groups is 10. The number of carboxylic acids is 1. The van der Waals surface area contributed by atoms with Gasteiger partial charge in [0.2, 0.25) is 53.2 Å². The molecule has 0 aromatic heterocycles. The Hall–Kier alpha value is -6.11. The summed E-state index contributed by atoms with van der Waals surface area (Å²) in [4.78, 5) is 130. The molecule has 0 unspecified atom stereocenters. The minimum absolute atomic E-state index is 0.0274. The number of guanidine groups is 1. The Balaban J connectivity index is 5.94. The van der Waals surface area contributed by atoms with E-state index in [-0.39, 0.29) is 43.6 Å². The molecule has 25 nitrogen and oxygen atoms in total. The van der Waals surface area contributed by atoms with E-state index in [1.165, 1.54) is 6.92 Å². The Kier molecular flexibility index (Phi) is 24.7. The van der Waals surface area contributed by atoms with Crippen LogP contribution in [-0.2, 0) is 47.9 Å². The molecule has 0 spiro atoms. The molecule has 0 aromatic rings. The number of amides is 9. The summed E-state index contributed by atoms with van der Waals surface area (Å²) < 4.78 is 0. The van der Waals surface area contributed by atoms with Crippen LogP contribution < -0.4 is 59.7 Å². The van der Waals surface area contributed by atoms with E-state index in [2.05, 4.69) is 47.5 Å².